The lowest BCUT2D eigenvalue weighted by Gasteiger charge is -2.05. The van der Waals surface area contributed by atoms with Crippen molar-refractivity contribution in [2.75, 3.05) is 13.2 Å². The zero-order valence-electron chi connectivity index (χ0n) is 8.98. The molecule has 4 heteroatoms. The Labute approximate surface area is 94.6 Å². The minimum absolute atomic E-state index is 0.419. The summed E-state index contributed by atoms with van der Waals surface area (Å²) in [6.45, 7) is 4.47. The van der Waals surface area contributed by atoms with E-state index in [1.54, 1.807) is 6.08 Å². The third-order valence-electron chi connectivity index (χ3n) is 1.98. The topological polar surface area (TPSA) is 58.6 Å². The lowest BCUT2D eigenvalue weighted by atomic mass is 10.1. The fraction of sp³-hybridized carbons (Fsp3) is 0.250. The molecular weight excluding hydrogens is 206 g/mol. The van der Waals surface area contributed by atoms with Gasteiger partial charge in [-0.15, -0.1) is 0 Å². The Morgan fingerprint density at radius 2 is 2.12 bits per heavy atom. The van der Waals surface area contributed by atoms with Gasteiger partial charge in [-0.2, -0.15) is 0 Å². The zero-order valence-corrected chi connectivity index (χ0v) is 8.98. The van der Waals surface area contributed by atoms with Crippen LogP contribution in [0.2, 0.25) is 0 Å². The van der Waals surface area contributed by atoms with Crippen molar-refractivity contribution in [2.45, 2.75) is 6.42 Å². The van der Waals surface area contributed by atoms with E-state index < -0.39 is 6.09 Å². The van der Waals surface area contributed by atoms with E-state index in [9.17, 15) is 4.79 Å². The standard InChI is InChI=1S/C12H15NO3/c1-2-9-16-11-5-3-10(4-6-11)7-8-13-12(14)15/h2-6,13H,1,7-9H2,(H,14,15). The van der Waals surface area contributed by atoms with Crippen LogP contribution in [-0.2, 0) is 6.42 Å². The van der Waals surface area contributed by atoms with Crippen LogP contribution in [0, 0.1) is 0 Å². The Kier molecular flexibility index (Phi) is 4.92. The molecule has 4 nitrogen and oxygen atoms in total. The number of rotatable bonds is 6. The Balaban J connectivity index is 2.38. The van der Waals surface area contributed by atoms with E-state index in [-0.39, 0.29) is 0 Å². The molecule has 0 spiro atoms. The number of hydrogen-bond acceptors (Lipinski definition) is 2. The van der Waals surface area contributed by atoms with E-state index in [0.717, 1.165) is 11.3 Å². The predicted molar refractivity (Wildman–Crippen MR) is 61.9 cm³/mol. The van der Waals surface area contributed by atoms with Gasteiger partial charge < -0.3 is 15.2 Å². The summed E-state index contributed by atoms with van der Waals surface area (Å²) in [7, 11) is 0. The van der Waals surface area contributed by atoms with E-state index in [1.165, 1.54) is 0 Å². The van der Waals surface area contributed by atoms with E-state index in [4.69, 9.17) is 9.84 Å². The number of nitrogens with one attached hydrogen (secondary N) is 1. The molecule has 0 fully saturated rings. The first-order valence-electron chi connectivity index (χ1n) is 5.02. The molecular formula is C12H15NO3. The van der Waals surface area contributed by atoms with Crippen LogP contribution in [0.1, 0.15) is 5.56 Å². The first kappa shape index (κ1) is 12.1. The molecule has 16 heavy (non-hydrogen) atoms. The highest BCUT2D eigenvalue weighted by Crippen LogP contribution is 2.12. The van der Waals surface area contributed by atoms with Crippen LogP contribution < -0.4 is 10.1 Å². The number of ether oxygens (including phenoxy) is 1. The van der Waals surface area contributed by atoms with Gasteiger partial charge in [0.15, 0.2) is 0 Å². The molecule has 0 aromatic heterocycles. The van der Waals surface area contributed by atoms with Crippen molar-refractivity contribution < 1.29 is 14.6 Å². The van der Waals surface area contributed by atoms with E-state index >= 15 is 0 Å². The van der Waals surface area contributed by atoms with Crippen molar-refractivity contribution in [1.82, 2.24) is 5.32 Å². The van der Waals surface area contributed by atoms with Crippen LogP contribution >= 0.6 is 0 Å². The Bertz CT molecular complexity index is 346. The second-order valence-electron chi connectivity index (χ2n) is 3.23. The fourth-order valence-corrected chi connectivity index (χ4v) is 1.22. The van der Waals surface area contributed by atoms with Gasteiger partial charge in [0.2, 0.25) is 0 Å². The van der Waals surface area contributed by atoms with Crippen molar-refractivity contribution in [1.29, 1.82) is 0 Å². The Morgan fingerprint density at radius 3 is 2.69 bits per heavy atom. The monoisotopic (exact) mass is 221 g/mol. The molecule has 0 aliphatic heterocycles. The molecule has 0 heterocycles. The van der Waals surface area contributed by atoms with Crippen LogP contribution in [0.4, 0.5) is 4.79 Å². The maximum atomic E-state index is 10.2. The van der Waals surface area contributed by atoms with E-state index in [1.807, 2.05) is 24.3 Å². The first-order chi connectivity index (χ1) is 7.72. The van der Waals surface area contributed by atoms with Crippen LogP contribution in [0.3, 0.4) is 0 Å². The Hall–Kier alpha value is -1.97. The maximum Gasteiger partial charge on any atom is 0.404 e. The maximum absolute atomic E-state index is 10.2. The molecule has 1 rings (SSSR count). The molecule has 0 saturated heterocycles. The predicted octanol–water partition coefficient (Wildman–Crippen LogP) is 2.06. The van der Waals surface area contributed by atoms with Gasteiger partial charge in [-0.05, 0) is 24.1 Å². The summed E-state index contributed by atoms with van der Waals surface area (Å²) < 4.78 is 5.33. The summed E-state index contributed by atoms with van der Waals surface area (Å²) in [5.41, 5.74) is 1.07. The van der Waals surface area contributed by atoms with Crippen molar-refractivity contribution in [3.05, 3.63) is 42.5 Å². The summed E-state index contributed by atoms with van der Waals surface area (Å²) in [5.74, 6) is 0.787. The SMILES string of the molecule is C=CCOc1ccc(CCNC(=O)O)cc1. The van der Waals surface area contributed by atoms with Gasteiger partial charge in [-0.25, -0.2) is 4.79 Å². The van der Waals surface area contributed by atoms with Gasteiger partial charge in [0.1, 0.15) is 12.4 Å². The average Bonchev–Trinajstić information content (AvgIpc) is 2.27. The minimum atomic E-state index is -0.995. The van der Waals surface area contributed by atoms with E-state index in [2.05, 4.69) is 11.9 Å². The summed E-state index contributed by atoms with van der Waals surface area (Å²) >= 11 is 0. The zero-order chi connectivity index (χ0) is 11.8. The molecule has 0 aliphatic carbocycles. The highest BCUT2D eigenvalue weighted by atomic mass is 16.5. The van der Waals surface area contributed by atoms with Gasteiger partial charge in [0.05, 0.1) is 0 Å². The molecule has 0 radical (unpaired) electrons. The highest BCUT2D eigenvalue weighted by molar-refractivity contribution is 5.64. The smallest absolute Gasteiger partial charge is 0.404 e. The lowest BCUT2D eigenvalue weighted by Crippen LogP contribution is -2.23. The fourth-order valence-electron chi connectivity index (χ4n) is 1.22. The van der Waals surface area contributed by atoms with Gasteiger partial charge >= 0.3 is 6.09 Å². The van der Waals surface area contributed by atoms with E-state index in [0.29, 0.717) is 19.6 Å². The number of amides is 1. The normalized spacial score (nSPS) is 9.50. The van der Waals surface area contributed by atoms with Gasteiger partial charge in [0.25, 0.3) is 0 Å². The highest BCUT2D eigenvalue weighted by Gasteiger charge is 1.97. The molecule has 0 aliphatic rings. The number of carbonyl (C=O) groups is 1. The number of carboxylic acid groups (broad SMARTS) is 1. The van der Waals surface area contributed by atoms with Gasteiger partial charge in [-0.1, -0.05) is 24.8 Å². The molecule has 86 valence electrons. The van der Waals surface area contributed by atoms with Crippen molar-refractivity contribution in [3.8, 4) is 5.75 Å². The lowest BCUT2D eigenvalue weighted by molar-refractivity contribution is 0.194. The largest absolute Gasteiger partial charge is 0.490 e. The van der Waals surface area contributed by atoms with Crippen LogP contribution in [0.25, 0.3) is 0 Å². The van der Waals surface area contributed by atoms with Crippen molar-refractivity contribution >= 4 is 6.09 Å². The molecule has 1 aromatic carbocycles. The summed E-state index contributed by atoms with van der Waals surface area (Å²) in [6.07, 6.45) is 1.37. The molecule has 0 bridgehead atoms. The third-order valence-corrected chi connectivity index (χ3v) is 1.98. The minimum Gasteiger partial charge on any atom is -0.490 e. The Morgan fingerprint density at radius 1 is 1.44 bits per heavy atom. The van der Waals surface area contributed by atoms with Crippen molar-refractivity contribution in [2.24, 2.45) is 0 Å². The summed E-state index contributed by atoms with van der Waals surface area (Å²) in [4.78, 5) is 10.2. The second-order valence-corrected chi connectivity index (χ2v) is 3.23. The molecule has 0 unspecified atom stereocenters. The van der Waals surface area contributed by atoms with Crippen LogP contribution in [0.5, 0.6) is 5.75 Å². The molecule has 0 saturated carbocycles. The van der Waals surface area contributed by atoms with Crippen LogP contribution in [0.15, 0.2) is 36.9 Å². The third kappa shape index (κ3) is 4.50. The first-order valence-corrected chi connectivity index (χ1v) is 5.02. The summed E-state index contributed by atoms with van der Waals surface area (Å²) in [6, 6.07) is 7.56. The van der Waals surface area contributed by atoms with Crippen molar-refractivity contribution in [3.63, 3.8) is 0 Å². The number of hydrogen-bond donors (Lipinski definition) is 2. The second kappa shape index (κ2) is 6.50. The number of benzene rings is 1. The molecule has 1 amide bonds. The molecule has 2 N–H and O–H groups in total. The van der Waals surface area contributed by atoms with Gasteiger partial charge in [0, 0.05) is 6.54 Å². The quantitative estimate of drug-likeness (QED) is 0.723. The average molecular weight is 221 g/mol. The molecule has 1 aromatic rings. The molecule has 0 atom stereocenters. The summed E-state index contributed by atoms with van der Waals surface area (Å²) in [5, 5.41) is 10.7. The van der Waals surface area contributed by atoms with Gasteiger partial charge in [-0.3, -0.25) is 0 Å². The van der Waals surface area contributed by atoms with Crippen LogP contribution in [-0.4, -0.2) is 24.4 Å².